The number of rotatable bonds is 3. The van der Waals surface area contributed by atoms with Crippen molar-refractivity contribution in [2.75, 3.05) is 0 Å². The Bertz CT molecular complexity index is 291. The standard InChI is InChI=1S/C9H15N3O/c1-7(2)12-5-4-10-9(12)6-11-8(3)13/h4-5,7H,6H2,1-3H3,(H,11,13). The summed E-state index contributed by atoms with van der Waals surface area (Å²) in [5, 5.41) is 2.72. The summed E-state index contributed by atoms with van der Waals surface area (Å²) >= 11 is 0. The first-order chi connectivity index (χ1) is 6.11. The molecule has 1 aromatic rings. The molecule has 0 saturated carbocycles. The molecule has 0 bridgehead atoms. The zero-order chi connectivity index (χ0) is 9.84. The van der Waals surface area contributed by atoms with E-state index < -0.39 is 0 Å². The molecule has 0 spiro atoms. The van der Waals surface area contributed by atoms with E-state index in [9.17, 15) is 4.79 Å². The number of hydrogen-bond donors (Lipinski definition) is 1. The van der Waals surface area contributed by atoms with Gasteiger partial charge in [-0.2, -0.15) is 0 Å². The summed E-state index contributed by atoms with van der Waals surface area (Å²) in [6.45, 7) is 6.17. The molecule has 0 aliphatic heterocycles. The number of nitrogens with one attached hydrogen (secondary N) is 1. The van der Waals surface area contributed by atoms with E-state index in [0.29, 0.717) is 12.6 Å². The average molecular weight is 181 g/mol. The average Bonchev–Trinajstić information content (AvgIpc) is 2.47. The Morgan fingerprint density at radius 2 is 2.38 bits per heavy atom. The van der Waals surface area contributed by atoms with Crippen molar-refractivity contribution >= 4 is 5.91 Å². The van der Waals surface area contributed by atoms with E-state index in [1.54, 1.807) is 6.20 Å². The minimum absolute atomic E-state index is 0.0293. The van der Waals surface area contributed by atoms with E-state index in [2.05, 4.69) is 24.1 Å². The number of carbonyl (C=O) groups is 1. The summed E-state index contributed by atoms with van der Waals surface area (Å²) in [4.78, 5) is 14.8. The minimum atomic E-state index is -0.0293. The second-order valence-electron chi connectivity index (χ2n) is 3.25. The highest BCUT2D eigenvalue weighted by Gasteiger charge is 2.05. The van der Waals surface area contributed by atoms with Crippen LogP contribution in [0.4, 0.5) is 0 Å². The Morgan fingerprint density at radius 1 is 1.69 bits per heavy atom. The van der Waals surface area contributed by atoms with Crippen LogP contribution in [0.15, 0.2) is 12.4 Å². The van der Waals surface area contributed by atoms with Gasteiger partial charge in [0.1, 0.15) is 5.82 Å². The van der Waals surface area contributed by atoms with Crippen molar-refractivity contribution < 1.29 is 4.79 Å². The fourth-order valence-electron chi connectivity index (χ4n) is 1.15. The number of nitrogens with zero attached hydrogens (tertiary/aromatic N) is 2. The van der Waals surface area contributed by atoms with Crippen molar-refractivity contribution in [3.63, 3.8) is 0 Å². The molecule has 0 unspecified atom stereocenters. The second-order valence-corrected chi connectivity index (χ2v) is 3.25. The van der Waals surface area contributed by atoms with Crippen LogP contribution in [0.25, 0.3) is 0 Å². The summed E-state index contributed by atoms with van der Waals surface area (Å²) in [5.41, 5.74) is 0. The molecule has 0 atom stereocenters. The lowest BCUT2D eigenvalue weighted by Gasteiger charge is -2.11. The van der Waals surface area contributed by atoms with Gasteiger partial charge in [-0.05, 0) is 13.8 Å². The normalized spacial score (nSPS) is 10.5. The third-order valence-electron chi connectivity index (χ3n) is 1.80. The van der Waals surface area contributed by atoms with Gasteiger partial charge >= 0.3 is 0 Å². The Morgan fingerprint density at radius 3 is 2.92 bits per heavy atom. The van der Waals surface area contributed by atoms with Gasteiger partial charge in [-0.1, -0.05) is 0 Å². The van der Waals surface area contributed by atoms with Crippen LogP contribution in [0.5, 0.6) is 0 Å². The molecule has 4 heteroatoms. The summed E-state index contributed by atoms with van der Waals surface area (Å²) in [6.07, 6.45) is 3.67. The predicted octanol–water partition coefficient (Wildman–Crippen LogP) is 1.10. The van der Waals surface area contributed by atoms with Crippen LogP contribution in [-0.4, -0.2) is 15.5 Å². The van der Waals surface area contributed by atoms with Crippen LogP contribution in [0.2, 0.25) is 0 Å². The molecule has 0 fully saturated rings. The van der Waals surface area contributed by atoms with Gasteiger partial charge in [0.2, 0.25) is 5.91 Å². The molecule has 72 valence electrons. The highest BCUT2D eigenvalue weighted by Crippen LogP contribution is 2.07. The molecular weight excluding hydrogens is 166 g/mol. The zero-order valence-corrected chi connectivity index (χ0v) is 8.24. The van der Waals surface area contributed by atoms with E-state index in [1.807, 2.05) is 10.8 Å². The number of amides is 1. The fraction of sp³-hybridized carbons (Fsp3) is 0.556. The lowest BCUT2D eigenvalue weighted by atomic mass is 10.4. The zero-order valence-electron chi connectivity index (χ0n) is 8.24. The summed E-state index contributed by atoms with van der Waals surface area (Å²) in [6, 6.07) is 0.381. The molecule has 13 heavy (non-hydrogen) atoms. The first kappa shape index (κ1) is 9.77. The third-order valence-corrected chi connectivity index (χ3v) is 1.80. The third kappa shape index (κ3) is 2.57. The fourth-order valence-corrected chi connectivity index (χ4v) is 1.15. The van der Waals surface area contributed by atoms with Crippen LogP contribution in [-0.2, 0) is 11.3 Å². The molecule has 4 nitrogen and oxygen atoms in total. The van der Waals surface area contributed by atoms with Crippen molar-refractivity contribution in [1.29, 1.82) is 0 Å². The largest absolute Gasteiger partial charge is 0.349 e. The van der Waals surface area contributed by atoms with Gasteiger partial charge in [-0.3, -0.25) is 4.79 Å². The number of carbonyl (C=O) groups excluding carboxylic acids is 1. The lowest BCUT2D eigenvalue weighted by molar-refractivity contribution is -0.119. The first-order valence-electron chi connectivity index (χ1n) is 4.37. The molecule has 0 saturated heterocycles. The van der Waals surface area contributed by atoms with Crippen molar-refractivity contribution in [1.82, 2.24) is 14.9 Å². The van der Waals surface area contributed by atoms with Crippen LogP contribution >= 0.6 is 0 Å². The molecular formula is C9H15N3O. The number of hydrogen-bond acceptors (Lipinski definition) is 2. The second kappa shape index (κ2) is 4.07. The van der Waals surface area contributed by atoms with Gasteiger partial charge in [-0.15, -0.1) is 0 Å². The Kier molecular flexibility index (Phi) is 3.06. The quantitative estimate of drug-likeness (QED) is 0.759. The molecule has 0 radical (unpaired) electrons. The van der Waals surface area contributed by atoms with Crippen LogP contribution in [0.3, 0.4) is 0 Å². The van der Waals surface area contributed by atoms with E-state index in [-0.39, 0.29) is 5.91 Å². The summed E-state index contributed by atoms with van der Waals surface area (Å²) in [7, 11) is 0. The molecule has 1 aromatic heterocycles. The van der Waals surface area contributed by atoms with Crippen LogP contribution in [0.1, 0.15) is 32.6 Å². The topological polar surface area (TPSA) is 46.9 Å². The van der Waals surface area contributed by atoms with Gasteiger partial charge in [0.15, 0.2) is 0 Å². The van der Waals surface area contributed by atoms with Gasteiger partial charge in [0, 0.05) is 25.4 Å². The summed E-state index contributed by atoms with van der Waals surface area (Å²) < 4.78 is 2.04. The van der Waals surface area contributed by atoms with Crippen molar-refractivity contribution in [2.45, 2.75) is 33.4 Å². The maximum atomic E-state index is 10.7. The highest BCUT2D eigenvalue weighted by molar-refractivity contribution is 5.72. The van der Waals surface area contributed by atoms with Crippen molar-refractivity contribution in [3.05, 3.63) is 18.2 Å². The maximum absolute atomic E-state index is 10.7. The van der Waals surface area contributed by atoms with E-state index in [1.165, 1.54) is 6.92 Å². The Labute approximate surface area is 78.0 Å². The van der Waals surface area contributed by atoms with Crippen molar-refractivity contribution in [2.24, 2.45) is 0 Å². The Balaban J connectivity index is 2.65. The van der Waals surface area contributed by atoms with E-state index >= 15 is 0 Å². The first-order valence-corrected chi connectivity index (χ1v) is 4.37. The van der Waals surface area contributed by atoms with Gasteiger partial charge in [0.25, 0.3) is 0 Å². The number of aromatic nitrogens is 2. The molecule has 0 aliphatic carbocycles. The summed E-state index contributed by atoms with van der Waals surface area (Å²) in [5.74, 6) is 0.864. The number of imidazole rings is 1. The molecule has 0 aromatic carbocycles. The highest BCUT2D eigenvalue weighted by atomic mass is 16.1. The van der Waals surface area contributed by atoms with E-state index in [4.69, 9.17) is 0 Å². The molecule has 1 heterocycles. The van der Waals surface area contributed by atoms with Gasteiger partial charge in [0.05, 0.1) is 6.54 Å². The van der Waals surface area contributed by atoms with E-state index in [0.717, 1.165) is 5.82 Å². The van der Waals surface area contributed by atoms with Crippen molar-refractivity contribution in [3.8, 4) is 0 Å². The predicted molar refractivity (Wildman–Crippen MR) is 50.1 cm³/mol. The monoisotopic (exact) mass is 181 g/mol. The smallest absolute Gasteiger partial charge is 0.217 e. The van der Waals surface area contributed by atoms with Gasteiger partial charge in [-0.25, -0.2) is 4.98 Å². The minimum Gasteiger partial charge on any atom is -0.349 e. The lowest BCUT2D eigenvalue weighted by Crippen LogP contribution is -2.22. The Hall–Kier alpha value is -1.32. The SMILES string of the molecule is CC(=O)NCc1nccn1C(C)C. The van der Waals surface area contributed by atoms with Crippen LogP contribution in [0, 0.1) is 0 Å². The molecule has 1 N–H and O–H groups in total. The molecule has 1 rings (SSSR count). The van der Waals surface area contributed by atoms with Crippen LogP contribution < -0.4 is 5.32 Å². The molecule has 0 aliphatic rings. The van der Waals surface area contributed by atoms with Gasteiger partial charge < -0.3 is 9.88 Å². The maximum Gasteiger partial charge on any atom is 0.217 e. The molecule has 1 amide bonds.